The van der Waals surface area contributed by atoms with Crippen molar-refractivity contribution in [1.29, 1.82) is 0 Å². The van der Waals surface area contributed by atoms with E-state index in [1.807, 2.05) is 30.3 Å². The van der Waals surface area contributed by atoms with Gasteiger partial charge in [0.05, 0.1) is 21.3 Å². The standard InChI is InChI=1S/C17H20O5/c1-19-15-9-12(10-16(20-2)17(15)21-3)14(18)11-22-13-7-5-4-6-8-13/h4-10,14,18H,11H2,1-3H3. The summed E-state index contributed by atoms with van der Waals surface area (Å²) in [5.41, 5.74) is 0.630. The van der Waals surface area contributed by atoms with Crippen LogP contribution in [-0.4, -0.2) is 33.0 Å². The van der Waals surface area contributed by atoms with Gasteiger partial charge in [-0.3, -0.25) is 0 Å². The Bertz CT molecular complexity index is 572. The van der Waals surface area contributed by atoms with Gasteiger partial charge in [-0.1, -0.05) is 18.2 Å². The minimum atomic E-state index is -0.811. The molecule has 1 N–H and O–H groups in total. The van der Waals surface area contributed by atoms with Crippen LogP contribution in [0.15, 0.2) is 42.5 Å². The average Bonchev–Trinajstić information content (AvgIpc) is 2.59. The highest BCUT2D eigenvalue weighted by atomic mass is 16.5. The number of ether oxygens (including phenoxy) is 4. The summed E-state index contributed by atoms with van der Waals surface area (Å²) in [6, 6.07) is 12.7. The first-order valence-electron chi connectivity index (χ1n) is 6.85. The van der Waals surface area contributed by atoms with Crippen LogP contribution in [0, 0.1) is 0 Å². The van der Waals surface area contributed by atoms with Gasteiger partial charge in [-0.2, -0.15) is 0 Å². The maximum Gasteiger partial charge on any atom is 0.203 e. The molecule has 0 spiro atoms. The smallest absolute Gasteiger partial charge is 0.203 e. The van der Waals surface area contributed by atoms with Crippen LogP contribution in [-0.2, 0) is 0 Å². The molecule has 0 radical (unpaired) electrons. The molecule has 1 unspecified atom stereocenters. The number of aliphatic hydroxyl groups is 1. The Morgan fingerprint density at radius 1 is 0.909 bits per heavy atom. The Kier molecular flexibility index (Phi) is 5.49. The molecular formula is C17H20O5. The first-order chi connectivity index (χ1) is 10.7. The summed E-state index contributed by atoms with van der Waals surface area (Å²) >= 11 is 0. The SMILES string of the molecule is COc1cc(C(O)COc2ccccc2)cc(OC)c1OC. The highest BCUT2D eigenvalue weighted by Crippen LogP contribution is 2.39. The quantitative estimate of drug-likeness (QED) is 0.852. The zero-order valence-electron chi connectivity index (χ0n) is 12.9. The van der Waals surface area contributed by atoms with Gasteiger partial charge in [0.1, 0.15) is 18.5 Å². The lowest BCUT2D eigenvalue weighted by Gasteiger charge is -2.17. The summed E-state index contributed by atoms with van der Waals surface area (Å²) in [5.74, 6) is 2.19. The Balaban J connectivity index is 2.16. The molecule has 0 saturated carbocycles. The number of benzene rings is 2. The van der Waals surface area contributed by atoms with E-state index < -0.39 is 6.10 Å². The van der Waals surface area contributed by atoms with Crippen molar-refractivity contribution < 1.29 is 24.1 Å². The van der Waals surface area contributed by atoms with Crippen molar-refractivity contribution in [3.05, 3.63) is 48.0 Å². The second kappa shape index (κ2) is 7.56. The molecule has 2 rings (SSSR count). The minimum absolute atomic E-state index is 0.128. The van der Waals surface area contributed by atoms with Gasteiger partial charge >= 0.3 is 0 Å². The molecule has 0 heterocycles. The highest BCUT2D eigenvalue weighted by molar-refractivity contribution is 5.54. The van der Waals surface area contributed by atoms with Gasteiger partial charge in [0.2, 0.25) is 5.75 Å². The largest absolute Gasteiger partial charge is 0.493 e. The Labute approximate surface area is 130 Å². The predicted molar refractivity (Wildman–Crippen MR) is 83.0 cm³/mol. The van der Waals surface area contributed by atoms with Gasteiger partial charge in [0.15, 0.2) is 11.5 Å². The van der Waals surface area contributed by atoms with Gasteiger partial charge in [0, 0.05) is 0 Å². The molecule has 0 amide bonds. The third-order valence-electron chi connectivity index (χ3n) is 3.22. The van der Waals surface area contributed by atoms with Gasteiger partial charge in [-0.15, -0.1) is 0 Å². The number of hydrogen-bond acceptors (Lipinski definition) is 5. The molecule has 5 heteroatoms. The van der Waals surface area contributed by atoms with E-state index in [-0.39, 0.29) is 6.61 Å². The van der Waals surface area contributed by atoms with Crippen LogP contribution in [0.25, 0.3) is 0 Å². The molecule has 2 aromatic carbocycles. The third-order valence-corrected chi connectivity index (χ3v) is 3.22. The van der Waals surface area contributed by atoms with Crippen LogP contribution in [0.4, 0.5) is 0 Å². The lowest BCUT2D eigenvalue weighted by molar-refractivity contribution is 0.107. The summed E-state index contributed by atoms with van der Waals surface area (Å²) in [5, 5.41) is 10.3. The number of methoxy groups -OCH3 is 3. The van der Waals surface area contributed by atoms with Crippen molar-refractivity contribution in [2.45, 2.75) is 6.10 Å². The van der Waals surface area contributed by atoms with E-state index in [1.165, 1.54) is 21.3 Å². The van der Waals surface area contributed by atoms with Crippen LogP contribution in [0.5, 0.6) is 23.0 Å². The monoisotopic (exact) mass is 304 g/mol. The highest BCUT2D eigenvalue weighted by Gasteiger charge is 2.17. The van der Waals surface area contributed by atoms with E-state index in [1.54, 1.807) is 12.1 Å². The fourth-order valence-corrected chi connectivity index (χ4v) is 2.08. The maximum atomic E-state index is 10.3. The molecule has 1 atom stereocenters. The number of rotatable bonds is 7. The topological polar surface area (TPSA) is 57.2 Å². The number of hydrogen-bond donors (Lipinski definition) is 1. The second-order valence-corrected chi connectivity index (χ2v) is 4.60. The molecule has 118 valence electrons. The lowest BCUT2D eigenvalue weighted by atomic mass is 10.1. The summed E-state index contributed by atoms with van der Waals surface area (Å²) in [6.07, 6.45) is -0.811. The molecule has 22 heavy (non-hydrogen) atoms. The third kappa shape index (κ3) is 3.62. The van der Waals surface area contributed by atoms with Crippen molar-refractivity contribution in [3.8, 4) is 23.0 Å². The lowest BCUT2D eigenvalue weighted by Crippen LogP contribution is -2.10. The van der Waals surface area contributed by atoms with Gasteiger partial charge in [-0.25, -0.2) is 0 Å². The van der Waals surface area contributed by atoms with Crippen molar-refractivity contribution in [3.63, 3.8) is 0 Å². The van der Waals surface area contributed by atoms with E-state index in [9.17, 15) is 5.11 Å². The average molecular weight is 304 g/mol. The molecule has 0 aliphatic rings. The second-order valence-electron chi connectivity index (χ2n) is 4.60. The zero-order valence-corrected chi connectivity index (χ0v) is 12.9. The van der Waals surface area contributed by atoms with Crippen LogP contribution in [0.1, 0.15) is 11.7 Å². The fourth-order valence-electron chi connectivity index (χ4n) is 2.08. The molecular weight excluding hydrogens is 284 g/mol. The predicted octanol–water partition coefficient (Wildman–Crippen LogP) is 2.82. The van der Waals surface area contributed by atoms with E-state index in [4.69, 9.17) is 18.9 Å². The number of para-hydroxylation sites is 1. The van der Waals surface area contributed by atoms with Crippen molar-refractivity contribution in [2.75, 3.05) is 27.9 Å². The fraction of sp³-hybridized carbons (Fsp3) is 0.294. The Morgan fingerprint density at radius 3 is 2.00 bits per heavy atom. The van der Waals surface area contributed by atoms with Crippen LogP contribution >= 0.6 is 0 Å². The van der Waals surface area contributed by atoms with Crippen molar-refractivity contribution in [2.24, 2.45) is 0 Å². The molecule has 0 aromatic heterocycles. The minimum Gasteiger partial charge on any atom is -0.493 e. The normalized spacial score (nSPS) is 11.6. The first kappa shape index (κ1) is 16.0. The summed E-state index contributed by atoms with van der Waals surface area (Å²) in [7, 11) is 4.61. The van der Waals surface area contributed by atoms with E-state index in [2.05, 4.69) is 0 Å². The molecule has 0 saturated heterocycles. The molecule has 0 bridgehead atoms. The Hall–Kier alpha value is -2.40. The van der Waals surface area contributed by atoms with E-state index in [0.29, 0.717) is 28.6 Å². The van der Waals surface area contributed by atoms with Gasteiger partial charge < -0.3 is 24.1 Å². The zero-order chi connectivity index (χ0) is 15.9. The molecule has 5 nitrogen and oxygen atoms in total. The van der Waals surface area contributed by atoms with Gasteiger partial charge in [0.25, 0.3) is 0 Å². The summed E-state index contributed by atoms with van der Waals surface area (Å²) < 4.78 is 21.4. The van der Waals surface area contributed by atoms with Crippen molar-refractivity contribution in [1.82, 2.24) is 0 Å². The molecule has 0 fully saturated rings. The first-order valence-corrected chi connectivity index (χ1v) is 6.85. The van der Waals surface area contributed by atoms with Crippen LogP contribution < -0.4 is 18.9 Å². The summed E-state index contributed by atoms with van der Waals surface area (Å²) in [4.78, 5) is 0. The number of aliphatic hydroxyl groups excluding tert-OH is 1. The Morgan fingerprint density at radius 2 is 1.50 bits per heavy atom. The molecule has 2 aromatic rings. The van der Waals surface area contributed by atoms with Crippen LogP contribution in [0.3, 0.4) is 0 Å². The van der Waals surface area contributed by atoms with Crippen molar-refractivity contribution >= 4 is 0 Å². The maximum absolute atomic E-state index is 10.3. The van der Waals surface area contributed by atoms with E-state index >= 15 is 0 Å². The van der Waals surface area contributed by atoms with Crippen LogP contribution in [0.2, 0.25) is 0 Å². The molecule has 0 aliphatic carbocycles. The van der Waals surface area contributed by atoms with Gasteiger partial charge in [-0.05, 0) is 29.8 Å². The summed E-state index contributed by atoms with van der Waals surface area (Å²) in [6.45, 7) is 0.128. The van der Waals surface area contributed by atoms with E-state index in [0.717, 1.165) is 0 Å². The molecule has 0 aliphatic heterocycles.